The summed E-state index contributed by atoms with van der Waals surface area (Å²) in [6, 6.07) is 13.1. The number of rotatable bonds is 6. The van der Waals surface area contributed by atoms with E-state index in [2.05, 4.69) is 26.4 Å². The quantitative estimate of drug-likeness (QED) is 0.421. The minimum atomic E-state index is -3.95. The molecule has 0 aliphatic heterocycles. The maximum Gasteiger partial charge on any atom is 0.241 e. The monoisotopic (exact) mass is 505 g/mol. The average Bonchev–Trinajstić information content (AvgIpc) is 3.28. The Labute approximate surface area is 185 Å². The highest BCUT2D eigenvalue weighted by molar-refractivity contribution is 9.10. The number of fused-ring (bicyclic) bond motifs is 1. The van der Waals surface area contributed by atoms with Crippen molar-refractivity contribution in [2.45, 2.75) is 18.4 Å². The molecule has 2 aromatic carbocycles. The molecule has 2 aromatic heterocycles. The molecule has 160 valence electrons. The molecule has 1 amide bonds. The summed E-state index contributed by atoms with van der Waals surface area (Å²) < 4.78 is 46.6. The number of carbonyl (C=O) groups is 1. The van der Waals surface area contributed by atoms with E-state index in [1.165, 1.54) is 18.3 Å². The number of anilines is 1. The highest BCUT2D eigenvalue weighted by Gasteiger charge is 2.25. The van der Waals surface area contributed by atoms with Gasteiger partial charge in [-0.3, -0.25) is 4.79 Å². The lowest BCUT2D eigenvalue weighted by Gasteiger charge is -2.06. The smallest absolute Gasteiger partial charge is 0.241 e. The summed E-state index contributed by atoms with van der Waals surface area (Å²) in [5.41, 5.74) is 1.48. The molecule has 7 nitrogen and oxygen atoms in total. The molecule has 31 heavy (non-hydrogen) atoms. The molecular weight excluding hydrogens is 489 g/mol. The van der Waals surface area contributed by atoms with Crippen molar-refractivity contribution in [3.05, 3.63) is 76.3 Å². The van der Waals surface area contributed by atoms with Crippen molar-refractivity contribution < 1.29 is 22.1 Å². The van der Waals surface area contributed by atoms with Crippen LogP contribution in [0.4, 0.5) is 10.2 Å². The zero-order chi connectivity index (χ0) is 22.2. The molecular formula is C21H17BrFN3O4S. The standard InChI is InChI=1S/C21H17BrFN3O4S/c1-13-8-20(25-30-13)24-21(27)12-31(28,29)19-11-26(18-5-3-2-4-15(18)19)10-14-6-7-17(23)16(22)9-14/h2-9,11H,10,12H2,1H3,(H,24,25,27). The van der Waals surface area contributed by atoms with E-state index in [1.54, 1.807) is 47.9 Å². The maximum absolute atomic E-state index is 13.5. The van der Waals surface area contributed by atoms with Crippen LogP contribution in [0, 0.1) is 12.7 Å². The van der Waals surface area contributed by atoms with Crippen LogP contribution in [-0.4, -0.2) is 29.8 Å². The van der Waals surface area contributed by atoms with Crippen LogP contribution >= 0.6 is 15.9 Å². The van der Waals surface area contributed by atoms with Crippen LogP contribution < -0.4 is 5.32 Å². The van der Waals surface area contributed by atoms with Gasteiger partial charge in [-0.1, -0.05) is 29.4 Å². The van der Waals surface area contributed by atoms with Gasteiger partial charge in [-0.05, 0) is 46.6 Å². The van der Waals surface area contributed by atoms with E-state index in [1.807, 2.05) is 0 Å². The first-order chi connectivity index (χ1) is 14.7. The van der Waals surface area contributed by atoms with Crippen LogP contribution in [0.1, 0.15) is 11.3 Å². The molecule has 1 N–H and O–H groups in total. The molecule has 0 saturated carbocycles. The molecule has 10 heteroatoms. The molecule has 4 aromatic rings. The van der Waals surface area contributed by atoms with Crippen molar-refractivity contribution in [2.75, 3.05) is 11.1 Å². The van der Waals surface area contributed by atoms with Gasteiger partial charge < -0.3 is 14.4 Å². The van der Waals surface area contributed by atoms with Crippen molar-refractivity contribution in [1.82, 2.24) is 9.72 Å². The van der Waals surface area contributed by atoms with Crippen molar-refractivity contribution in [3.8, 4) is 0 Å². The Morgan fingerprint density at radius 2 is 2.00 bits per heavy atom. The second kappa shape index (κ2) is 8.27. The predicted molar refractivity (Wildman–Crippen MR) is 117 cm³/mol. The molecule has 0 aliphatic carbocycles. The fourth-order valence-electron chi connectivity index (χ4n) is 3.28. The van der Waals surface area contributed by atoms with Gasteiger partial charge in [0.2, 0.25) is 5.91 Å². The van der Waals surface area contributed by atoms with Gasteiger partial charge in [0.1, 0.15) is 17.3 Å². The molecule has 0 aliphatic rings. The number of hydrogen-bond donors (Lipinski definition) is 1. The summed E-state index contributed by atoms with van der Waals surface area (Å²) in [5, 5.41) is 6.57. The van der Waals surface area contributed by atoms with Gasteiger partial charge in [0.15, 0.2) is 15.7 Å². The van der Waals surface area contributed by atoms with Gasteiger partial charge in [-0.25, -0.2) is 12.8 Å². The summed E-state index contributed by atoms with van der Waals surface area (Å²) in [5.74, 6) is -1.18. The minimum Gasteiger partial charge on any atom is -0.360 e. The Kier molecular flexibility index (Phi) is 5.67. The average molecular weight is 506 g/mol. The van der Waals surface area contributed by atoms with Crippen molar-refractivity contribution in [3.63, 3.8) is 0 Å². The number of aromatic nitrogens is 2. The third kappa shape index (κ3) is 4.54. The fourth-order valence-corrected chi connectivity index (χ4v) is 5.08. The van der Waals surface area contributed by atoms with E-state index in [9.17, 15) is 17.6 Å². The number of benzene rings is 2. The summed E-state index contributed by atoms with van der Waals surface area (Å²) in [7, 11) is -3.95. The lowest BCUT2D eigenvalue weighted by atomic mass is 10.2. The Morgan fingerprint density at radius 3 is 2.71 bits per heavy atom. The molecule has 4 rings (SSSR count). The van der Waals surface area contributed by atoms with Crippen LogP contribution in [0.15, 0.2) is 68.6 Å². The summed E-state index contributed by atoms with van der Waals surface area (Å²) in [6.45, 7) is 1.99. The van der Waals surface area contributed by atoms with Gasteiger partial charge >= 0.3 is 0 Å². The molecule has 0 fully saturated rings. The van der Waals surface area contributed by atoms with Gasteiger partial charge in [0.25, 0.3) is 0 Å². The van der Waals surface area contributed by atoms with Crippen molar-refractivity contribution in [2.24, 2.45) is 0 Å². The van der Waals surface area contributed by atoms with Crippen molar-refractivity contribution in [1.29, 1.82) is 0 Å². The van der Waals surface area contributed by atoms with Crippen LogP contribution in [0.5, 0.6) is 0 Å². The fraction of sp³-hybridized carbons (Fsp3) is 0.143. The Hall–Kier alpha value is -2.98. The second-order valence-electron chi connectivity index (χ2n) is 7.02. The Morgan fingerprint density at radius 1 is 1.23 bits per heavy atom. The number of carbonyl (C=O) groups excluding carboxylic acids is 1. The summed E-state index contributed by atoms with van der Waals surface area (Å²) in [6.07, 6.45) is 1.50. The lowest BCUT2D eigenvalue weighted by Crippen LogP contribution is -2.23. The maximum atomic E-state index is 13.5. The largest absolute Gasteiger partial charge is 0.360 e. The molecule has 0 bridgehead atoms. The number of nitrogens with zero attached hydrogens (tertiary/aromatic N) is 2. The molecule has 0 radical (unpaired) electrons. The number of para-hydroxylation sites is 1. The van der Waals surface area contributed by atoms with Gasteiger partial charge in [-0.15, -0.1) is 0 Å². The van der Waals surface area contributed by atoms with Crippen LogP contribution in [0.2, 0.25) is 0 Å². The van der Waals surface area contributed by atoms with Crippen LogP contribution in [0.3, 0.4) is 0 Å². The number of nitrogens with one attached hydrogen (secondary N) is 1. The predicted octanol–water partition coefficient (Wildman–Crippen LogP) is 4.30. The van der Waals surface area contributed by atoms with Crippen LogP contribution in [-0.2, 0) is 21.2 Å². The number of sulfone groups is 1. The zero-order valence-corrected chi connectivity index (χ0v) is 18.7. The van der Waals surface area contributed by atoms with E-state index in [-0.39, 0.29) is 16.5 Å². The molecule has 0 unspecified atom stereocenters. The minimum absolute atomic E-state index is 0.0516. The third-order valence-electron chi connectivity index (χ3n) is 4.64. The normalized spacial score (nSPS) is 11.7. The number of halogens is 2. The van der Waals surface area contributed by atoms with Gasteiger partial charge in [-0.2, -0.15) is 0 Å². The molecule has 0 spiro atoms. The topological polar surface area (TPSA) is 94.2 Å². The van der Waals surface area contributed by atoms with E-state index >= 15 is 0 Å². The second-order valence-corrected chi connectivity index (χ2v) is 9.83. The van der Waals surface area contributed by atoms with E-state index in [0.717, 1.165) is 5.56 Å². The Balaban J connectivity index is 1.65. The number of hydrogen-bond acceptors (Lipinski definition) is 5. The molecule has 2 heterocycles. The highest BCUT2D eigenvalue weighted by atomic mass is 79.9. The highest BCUT2D eigenvalue weighted by Crippen LogP contribution is 2.28. The SMILES string of the molecule is Cc1cc(NC(=O)CS(=O)(=O)c2cn(Cc3ccc(F)c(Br)c3)c3ccccc23)no1. The van der Waals surface area contributed by atoms with E-state index in [0.29, 0.717) is 27.7 Å². The number of aryl methyl sites for hydroxylation is 1. The Bertz CT molecular complexity index is 1390. The van der Waals surface area contributed by atoms with Crippen molar-refractivity contribution >= 4 is 48.4 Å². The first kappa shape index (κ1) is 21.3. The summed E-state index contributed by atoms with van der Waals surface area (Å²) in [4.78, 5) is 12.3. The summed E-state index contributed by atoms with van der Waals surface area (Å²) >= 11 is 3.17. The first-order valence-corrected chi connectivity index (χ1v) is 11.7. The van der Waals surface area contributed by atoms with Gasteiger partial charge in [0, 0.05) is 29.7 Å². The first-order valence-electron chi connectivity index (χ1n) is 9.21. The molecule has 0 atom stereocenters. The molecule has 0 saturated heterocycles. The third-order valence-corrected chi connectivity index (χ3v) is 6.89. The van der Waals surface area contributed by atoms with E-state index < -0.39 is 21.5 Å². The zero-order valence-electron chi connectivity index (χ0n) is 16.3. The lowest BCUT2D eigenvalue weighted by molar-refractivity contribution is -0.113. The van der Waals surface area contributed by atoms with Crippen LogP contribution in [0.25, 0.3) is 10.9 Å². The van der Waals surface area contributed by atoms with Gasteiger partial charge in [0.05, 0.1) is 9.37 Å². The van der Waals surface area contributed by atoms with E-state index in [4.69, 9.17) is 4.52 Å². The number of amides is 1.